The molecule has 0 unspecified atom stereocenters. The van der Waals surface area contributed by atoms with E-state index in [1.807, 2.05) is 42.6 Å². The molecule has 0 amide bonds. The van der Waals surface area contributed by atoms with Crippen molar-refractivity contribution in [1.29, 1.82) is 0 Å². The summed E-state index contributed by atoms with van der Waals surface area (Å²) in [5.74, 6) is 2.46. The van der Waals surface area contributed by atoms with Crippen molar-refractivity contribution in [2.75, 3.05) is 19.4 Å². The van der Waals surface area contributed by atoms with E-state index in [2.05, 4.69) is 39.1 Å². The summed E-state index contributed by atoms with van der Waals surface area (Å²) in [4.78, 5) is 16.3. The Hall–Kier alpha value is -4.04. The Balaban J connectivity index is 1.27. The number of methoxy groups -OCH3 is 1. The van der Waals surface area contributed by atoms with E-state index in [0.29, 0.717) is 29.4 Å². The quantitative estimate of drug-likeness (QED) is 0.364. The zero-order chi connectivity index (χ0) is 23.8. The largest absolute Gasteiger partial charge is 0.494 e. The van der Waals surface area contributed by atoms with Gasteiger partial charge in [-0.25, -0.2) is 9.97 Å². The maximum absolute atomic E-state index is 6.24. The summed E-state index contributed by atoms with van der Waals surface area (Å²) in [5, 5.41) is 5.58. The van der Waals surface area contributed by atoms with Crippen molar-refractivity contribution in [2.45, 2.75) is 25.9 Å². The van der Waals surface area contributed by atoms with Crippen LogP contribution < -0.4 is 10.5 Å². The number of nitrogens with zero attached hydrogens (tertiary/aromatic N) is 6. The fourth-order valence-corrected chi connectivity index (χ4v) is 4.52. The fraction of sp³-hybridized carbons (Fsp3) is 0.259. The molecule has 2 aromatic carbocycles. The van der Waals surface area contributed by atoms with Gasteiger partial charge in [0.2, 0.25) is 5.95 Å². The monoisotopic (exact) mass is 465 g/mol. The molecular formula is C27H27N7O. The van der Waals surface area contributed by atoms with Crippen LogP contribution in [0.25, 0.3) is 27.8 Å². The third-order valence-electron chi connectivity index (χ3n) is 6.45. The number of hydrogen-bond acceptors (Lipinski definition) is 7. The molecule has 0 atom stereocenters. The van der Waals surface area contributed by atoms with E-state index >= 15 is 0 Å². The number of fused-ring (bicyclic) bond motifs is 3. The third kappa shape index (κ3) is 4.40. The lowest BCUT2D eigenvalue weighted by Crippen LogP contribution is -2.25. The highest BCUT2D eigenvalue weighted by Gasteiger charge is 2.25. The van der Waals surface area contributed by atoms with Crippen molar-refractivity contribution in [3.63, 3.8) is 0 Å². The second kappa shape index (κ2) is 8.96. The normalized spacial score (nSPS) is 13.7. The molecule has 8 nitrogen and oxygen atoms in total. The molecule has 3 aromatic heterocycles. The molecule has 3 heterocycles. The number of anilines is 1. The van der Waals surface area contributed by atoms with E-state index in [4.69, 9.17) is 20.6 Å². The van der Waals surface area contributed by atoms with E-state index in [9.17, 15) is 0 Å². The van der Waals surface area contributed by atoms with Gasteiger partial charge >= 0.3 is 0 Å². The lowest BCUT2D eigenvalue weighted by atomic mass is 10.1. The summed E-state index contributed by atoms with van der Waals surface area (Å²) in [6.07, 6.45) is 4.40. The van der Waals surface area contributed by atoms with Crippen LogP contribution in [0.15, 0.2) is 66.9 Å². The van der Waals surface area contributed by atoms with Gasteiger partial charge < -0.3 is 10.5 Å². The van der Waals surface area contributed by atoms with Gasteiger partial charge in [0.1, 0.15) is 11.3 Å². The maximum Gasteiger partial charge on any atom is 0.223 e. The van der Waals surface area contributed by atoms with Gasteiger partial charge in [0, 0.05) is 30.2 Å². The van der Waals surface area contributed by atoms with Crippen molar-refractivity contribution in [3.8, 4) is 17.0 Å². The molecular weight excluding hydrogens is 438 g/mol. The smallest absolute Gasteiger partial charge is 0.223 e. The molecule has 5 aromatic rings. The first kappa shape index (κ1) is 21.5. The second-order valence-electron chi connectivity index (χ2n) is 9.11. The number of rotatable bonds is 8. The predicted molar refractivity (Wildman–Crippen MR) is 136 cm³/mol. The summed E-state index contributed by atoms with van der Waals surface area (Å²) in [7, 11) is 1.63. The highest BCUT2D eigenvalue weighted by Crippen LogP contribution is 2.31. The van der Waals surface area contributed by atoms with E-state index in [1.165, 1.54) is 18.4 Å². The number of pyridine rings is 1. The van der Waals surface area contributed by atoms with Gasteiger partial charge in [-0.1, -0.05) is 36.4 Å². The summed E-state index contributed by atoms with van der Waals surface area (Å²) in [6, 6.07) is 20.4. The minimum Gasteiger partial charge on any atom is -0.494 e. The SMILES string of the molecule is COc1cccc2c1nc(N)n1nc(CN(Cc3ccc(-c4ccccn4)cc3)CC3CC3)nc21. The Morgan fingerprint density at radius 3 is 2.60 bits per heavy atom. The highest BCUT2D eigenvalue weighted by atomic mass is 16.5. The molecule has 0 aliphatic heterocycles. The van der Waals surface area contributed by atoms with E-state index in [0.717, 1.165) is 41.5 Å². The summed E-state index contributed by atoms with van der Waals surface area (Å²) in [5.41, 5.74) is 11.0. The van der Waals surface area contributed by atoms with Crippen molar-refractivity contribution in [2.24, 2.45) is 5.92 Å². The first-order valence-electron chi connectivity index (χ1n) is 11.9. The van der Waals surface area contributed by atoms with Crippen molar-refractivity contribution in [3.05, 3.63) is 78.2 Å². The van der Waals surface area contributed by atoms with Crippen LogP contribution in [0.3, 0.4) is 0 Å². The van der Waals surface area contributed by atoms with Crippen molar-refractivity contribution < 1.29 is 4.74 Å². The Morgan fingerprint density at radius 2 is 1.86 bits per heavy atom. The van der Waals surface area contributed by atoms with Crippen LogP contribution >= 0.6 is 0 Å². The average molecular weight is 466 g/mol. The molecule has 6 rings (SSSR count). The zero-order valence-electron chi connectivity index (χ0n) is 19.6. The zero-order valence-corrected chi connectivity index (χ0v) is 19.6. The third-order valence-corrected chi connectivity index (χ3v) is 6.45. The van der Waals surface area contributed by atoms with Gasteiger partial charge in [0.25, 0.3) is 0 Å². The molecule has 0 saturated heterocycles. The molecule has 176 valence electrons. The number of nitrogen functional groups attached to an aromatic ring is 1. The van der Waals surface area contributed by atoms with Gasteiger partial charge in [-0.2, -0.15) is 4.52 Å². The van der Waals surface area contributed by atoms with Crippen LogP contribution in [0, 0.1) is 5.92 Å². The molecule has 2 N–H and O–H groups in total. The molecule has 1 fully saturated rings. The number of hydrogen-bond donors (Lipinski definition) is 1. The Morgan fingerprint density at radius 1 is 1.00 bits per heavy atom. The standard InChI is InChI=1S/C27H27N7O/c1-35-23-7-4-5-21-25(23)31-27(28)34-26(21)30-24(32-34)17-33(15-18-8-9-18)16-19-10-12-20(13-11-19)22-6-2-3-14-29-22/h2-7,10-14,18H,8-9,15-17H2,1H3,(H2,28,31). The van der Waals surface area contributed by atoms with E-state index < -0.39 is 0 Å². The number of aromatic nitrogens is 5. The number of benzene rings is 2. The van der Waals surface area contributed by atoms with Gasteiger partial charge in [0.15, 0.2) is 11.5 Å². The van der Waals surface area contributed by atoms with Gasteiger partial charge in [-0.05, 0) is 48.6 Å². The molecule has 8 heteroatoms. The van der Waals surface area contributed by atoms with Crippen LogP contribution in [-0.4, -0.2) is 43.1 Å². The molecule has 1 aliphatic rings. The van der Waals surface area contributed by atoms with Gasteiger partial charge in [0.05, 0.1) is 19.3 Å². The molecule has 1 saturated carbocycles. The Bertz CT molecular complexity index is 1480. The second-order valence-corrected chi connectivity index (χ2v) is 9.11. The van der Waals surface area contributed by atoms with Crippen LogP contribution in [0.4, 0.5) is 5.95 Å². The van der Waals surface area contributed by atoms with Crippen molar-refractivity contribution >= 4 is 22.5 Å². The predicted octanol–water partition coefficient (Wildman–Crippen LogP) is 4.34. The van der Waals surface area contributed by atoms with Crippen LogP contribution in [0.1, 0.15) is 24.2 Å². The maximum atomic E-state index is 6.24. The number of nitrogens with two attached hydrogens (primary N) is 1. The molecule has 0 bridgehead atoms. The number of ether oxygens (including phenoxy) is 1. The number of para-hydroxylation sites is 1. The Kier molecular flexibility index (Phi) is 5.50. The highest BCUT2D eigenvalue weighted by molar-refractivity contribution is 5.95. The van der Waals surface area contributed by atoms with Crippen molar-refractivity contribution in [1.82, 2.24) is 29.5 Å². The van der Waals surface area contributed by atoms with E-state index in [-0.39, 0.29) is 0 Å². The molecule has 0 spiro atoms. The van der Waals surface area contributed by atoms with Gasteiger partial charge in [-0.15, -0.1) is 5.10 Å². The average Bonchev–Trinajstić information content (AvgIpc) is 3.60. The Labute approximate surface area is 203 Å². The fourth-order valence-electron chi connectivity index (χ4n) is 4.52. The first-order chi connectivity index (χ1) is 17.2. The summed E-state index contributed by atoms with van der Waals surface area (Å²) >= 11 is 0. The lowest BCUT2D eigenvalue weighted by molar-refractivity contribution is 0.240. The lowest BCUT2D eigenvalue weighted by Gasteiger charge is -2.21. The minimum absolute atomic E-state index is 0.301. The van der Waals surface area contributed by atoms with Crippen LogP contribution in [0.2, 0.25) is 0 Å². The van der Waals surface area contributed by atoms with E-state index in [1.54, 1.807) is 11.6 Å². The molecule has 35 heavy (non-hydrogen) atoms. The molecule has 0 radical (unpaired) electrons. The van der Waals surface area contributed by atoms with Gasteiger partial charge in [-0.3, -0.25) is 9.88 Å². The van der Waals surface area contributed by atoms with Crippen LogP contribution in [-0.2, 0) is 13.1 Å². The first-order valence-corrected chi connectivity index (χ1v) is 11.9. The minimum atomic E-state index is 0.301. The topological polar surface area (TPSA) is 94.5 Å². The summed E-state index contributed by atoms with van der Waals surface area (Å²) < 4.78 is 7.10. The summed E-state index contributed by atoms with van der Waals surface area (Å²) in [6.45, 7) is 2.50. The molecule has 1 aliphatic carbocycles. The van der Waals surface area contributed by atoms with Crippen LogP contribution in [0.5, 0.6) is 5.75 Å².